The van der Waals surface area contributed by atoms with Crippen LogP contribution in [0.2, 0.25) is 5.02 Å². The molecule has 4 rings (SSSR count). The number of rotatable bonds is 3. The zero-order valence-corrected chi connectivity index (χ0v) is 14.3. The highest BCUT2D eigenvalue weighted by molar-refractivity contribution is 8.02. The summed E-state index contributed by atoms with van der Waals surface area (Å²) in [4.78, 5) is 5.72. The highest BCUT2D eigenvalue weighted by atomic mass is 35.5. The molecule has 3 heterocycles. The number of benzene rings is 1. The van der Waals surface area contributed by atoms with Crippen LogP contribution in [0.1, 0.15) is 0 Å². The van der Waals surface area contributed by atoms with Crippen LogP contribution in [-0.2, 0) is 0 Å². The average molecular weight is 368 g/mol. The van der Waals surface area contributed by atoms with Gasteiger partial charge in [-0.2, -0.15) is 0 Å². The summed E-state index contributed by atoms with van der Waals surface area (Å²) in [6.45, 7) is 0. The molecule has 8 heteroatoms. The van der Waals surface area contributed by atoms with E-state index in [0.29, 0.717) is 5.02 Å². The van der Waals surface area contributed by atoms with E-state index in [1.165, 1.54) is 11.8 Å². The van der Waals surface area contributed by atoms with Crippen molar-refractivity contribution in [3.8, 4) is 9.88 Å². The molecule has 0 atom stereocenters. The van der Waals surface area contributed by atoms with Crippen LogP contribution in [0.5, 0.6) is 0 Å². The molecular weight excluding hydrogens is 362 g/mol. The largest absolute Gasteiger partial charge is 0.228 e. The predicted octanol–water partition coefficient (Wildman–Crippen LogP) is 5.68. The van der Waals surface area contributed by atoms with Crippen molar-refractivity contribution in [1.29, 1.82) is 0 Å². The monoisotopic (exact) mass is 367 g/mol. The topological polar surface area (TPSA) is 38.7 Å². The van der Waals surface area contributed by atoms with Gasteiger partial charge in [-0.1, -0.05) is 35.1 Å². The normalized spacial score (nSPS) is 11.3. The van der Waals surface area contributed by atoms with E-state index >= 15 is 0 Å². The third kappa shape index (κ3) is 2.72. The molecule has 104 valence electrons. The van der Waals surface area contributed by atoms with Crippen LogP contribution in [0.15, 0.2) is 44.4 Å². The third-order valence-corrected chi connectivity index (χ3v) is 7.06. The molecule has 0 aliphatic heterocycles. The van der Waals surface area contributed by atoms with Crippen molar-refractivity contribution in [2.45, 2.75) is 8.68 Å². The van der Waals surface area contributed by atoms with Crippen LogP contribution in [0, 0.1) is 0 Å². The Morgan fingerprint density at radius 2 is 1.95 bits per heavy atom. The highest BCUT2D eigenvalue weighted by Crippen LogP contribution is 2.39. The van der Waals surface area contributed by atoms with Gasteiger partial charge >= 0.3 is 0 Å². The molecular formula is C13H6ClN3S4. The number of fused-ring (bicyclic) bond motifs is 1. The van der Waals surface area contributed by atoms with Crippen LogP contribution in [0.3, 0.4) is 0 Å². The Balaban J connectivity index is 1.64. The van der Waals surface area contributed by atoms with Gasteiger partial charge in [-0.05, 0) is 35.3 Å². The zero-order chi connectivity index (χ0) is 14.2. The Labute approximate surface area is 141 Å². The lowest BCUT2D eigenvalue weighted by atomic mass is 10.3. The molecule has 1 aromatic carbocycles. The van der Waals surface area contributed by atoms with Gasteiger partial charge in [0, 0.05) is 0 Å². The smallest absolute Gasteiger partial charge is 0.181 e. The molecule has 3 nitrogen and oxygen atoms in total. The van der Waals surface area contributed by atoms with Crippen LogP contribution >= 0.6 is 57.4 Å². The van der Waals surface area contributed by atoms with E-state index in [1.807, 2.05) is 29.6 Å². The fourth-order valence-electron chi connectivity index (χ4n) is 1.76. The predicted molar refractivity (Wildman–Crippen MR) is 92.0 cm³/mol. The number of para-hydroxylation sites is 1. The minimum Gasteiger partial charge on any atom is -0.228 e. The van der Waals surface area contributed by atoms with Gasteiger partial charge in [0.15, 0.2) is 13.7 Å². The maximum Gasteiger partial charge on any atom is 0.181 e. The lowest BCUT2D eigenvalue weighted by Gasteiger charge is -1.88. The van der Waals surface area contributed by atoms with Crippen molar-refractivity contribution in [2.75, 3.05) is 0 Å². The number of hydrogen-bond acceptors (Lipinski definition) is 7. The van der Waals surface area contributed by atoms with E-state index in [1.54, 1.807) is 34.0 Å². The molecule has 0 saturated heterocycles. The first kappa shape index (κ1) is 13.7. The van der Waals surface area contributed by atoms with Crippen molar-refractivity contribution >= 4 is 67.6 Å². The number of thiazole rings is 1. The van der Waals surface area contributed by atoms with Crippen molar-refractivity contribution in [3.63, 3.8) is 0 Å². The van der Waals surface area contributed by atoms with Gasteiger partial charge < -0.3 is 0 Å². The van der Waals surface area contributed by atoms with Gasteiger partial charge in [-0.3, -0.25) is 0 Å². The Morgan fingerprint density at radius 3 is 2.76 bits per heavy atom. The molecule has 3 aromatic heterocycles. The fourth-order valence-corrected chi connectivity index (χ4v) is 5.97. The molecule has 0 aliphatic rings. The van der Waals surface area contributed by atoms with Crippen LogP contribution in [0.4, 0.5) is 0 Å². The number of aromatic nitrogens is 3. The van der Waals surface area contributed by atoms with E-state index < -0.39 is 0 Å². The highest BCUT2D eigenvalue weighted by Gasteiger charge is 2.12. The lowest BCUT2D eigenvalue weighted by molar-refractivity contribution is 1.02. The number of hydrogen-bond donors (Lipinski definition) is 0. The van der Waals surface area contributed by atoms with E-state index in [4.69, 9.17) is 11.6 Å². The molecule has 0 saturated carbocycles. The number of nitrogens with zero attached hydrogens (tertiary/aromatic N) is 3. The summed E-state index contributed by atoms with van der Waals surface area (Å²) >= 11 is 12.6. The Bertz CT molecular complexity index is 897. The molecule has 4 aromatic rings. The van der Waals surface area contributed by atoms with Gasteiger partial charge in [-0.25, -0.2) is 4.98 Å². The molecule has 0 radical (unpaired) electrons. The second kappa shape index (κ2) is 5.66. The van der Waals surface area contributed by atoms with Crippen LogP contribution < -0.4 is 0 Å². The first-order valence-corrected chi connectivity index (χ1v) is 9.60. The van der Waals surface area contributed by atoms with Crippen LogP contribution in [-0.4, -0.2) is 15.2 Å². The molecule has 0 unspecified atom stereocenters. The van der Waals surface area contributed by atoms with Crippen LogP contribution in [0.25, 0.3) is 20.1 Å². The molecule has 0 aliphatic carbocycles. The minimum atomic E-state index is 0.687. The molecule has 0 amide bonds. The first-order valence-electron chi connectivity index (χ1n) is 5.90. The summed E-state index contributed by atoms with van der Waals surface area (Å²) in [7, 11) is 0. The van der Waals surface area contributed by atoms with Gasteiger partial charge in [0.2, 0.25) is 0 Å². The number of thiophene rings is 1. The summed E-state index contributed by atoms with van der Waals surface area (Å²) in [6.07, 6.45) is 0. The Morgan fingerprint density at radius 1 is 1.00 bits per heavy atom. The maximum atomic E-state index is 6.16. The van der Waals surface area contributed by atoms with Crippen molar-refractivity contribution in [1.82, 2.24) is 15.2 Å². The Hall–Kier alpha value is -0.990. The summed E-state index contributed by atoms with van der Waals surface area (Å²) in [5.41, 5.74) is 0.856. The fraction of sp³-hybridized carbons (Fsp3) is 0. The summed E-state index contributed by atoms with van der Waals surface area (Å²) in [5.74, 6) is 0. The molecule has 0 N–H and O–H groups in total. The van der Waals surface area contributed by atoms with E-state index in [-0.39, 0.29) is 0 Å². The molecule has 0 fully saturated rings. The zero-order valence-electron chi connectivity index (χ0n) is 10.3. The SMILES string of the molecule is Clc1cccc2sc(Sc3nnc(-c4cccs4)s3)nc12. The third-order valence-electron chi connectivity index (χ3n) is 2.66. The molecule has 21 heavy (non-hydrogen) atoms. The lowest BCUT2D eigenvalue weighted by Crippen LogP contribution is -1.73. The van der Waals surface area contributed by atoms with Crippen molar-refractivity contribution in [2.24, 2.45) is 0 Å². The van der Waals surface area contributed by atoms with E-state index in [0.717, 1.165) is 28.8 Å². The van der Waals surface area contributed by atoms with Gasteiger partial charge in [0.25, 0.3) is 0 Å². The maximum absolute atomic E-state index is 6.16. The van der Waals surface area contributed by atoms with E-state index in [2.05, 4.69) is 21.2 Å². The quantitative estimate of drug-likeness (QED) is 0.467. The van der Waals surface area contributed by atoms with E-state index in [9.17, 15) is 0 Å². The summed E-state index contributed by atoms with van der Waals surface area (Å²) < 4.78 is 2.92. The van der Waals surface area contributed by atoms with Crippen molar-refractivity contribution in [3.05, 3.63) is 40.7 Å². The molecule has 0 bridgehead atoms. The van der Waals surface area contributed by atoms with Gasteiger partial charge in [0.1, 0.15) is 5.52 Å². The summed E-state index contributed by atoms with van der Waals surface area (Å²) in [5, 5.41) is 12.1. The van der Waals surface area contributed by atoms with Gasteiger partial charge in [-0.15, -0.1) is 32.9 Å². The summed E-state index contributed by atoms with van der Waals surface area (Å²) in [6, 6.07) is 9.90. The number of halogens is 1. The first-order chi connectivity index (χ1) is 10.3. The second-order valence-corrected chi connectivity index (χ2v) is 8.88. The van der Waals surface area contributed by atoms with Crippen molar-refractivity contribution < 1.29 is 0 Å². The average Bonchev–Trinajstić information content (AvgIpc) is 3.18. The minimum absolute atomic E-state index is 0.687. The van der Waals surface area contributed by atoms with Gasteiger partial charge in [0.05, 0.1) is 14.6 Å². The molecule has 0 spiro atoms. The second-order valence-electron chi connectivity index (χ2n) is 4.02. The standard InChI is InChI=1S/C13H6ClN3S4/c14-7-3-1-4-8-10(7)15-12(19-8)21-13-17-16-11(20-13)9-5-2-6-18-9/h1-6H. The Kier molecular flexibility index (Phi) is 3.68.